The van der Waals surface area contributed by atoms with Crippen molar-refractivity contribution in [1.82, 2.24) is 25.5 Å². The van der Waals surface area contributed by atoms with Crippen molar-refractivity contribution in [2.45, 2.75) is 19.1 Å². The van der Waals surface area contributed by atoms with Crippen molar-refractivity contribution in [2.24, 2.45) is 0 Å². The van der Waals surface area contributed by atoms with Crippen LogP contribution in [0.3, 0.4) is 0 Å². The Morgan fingerprint density at radius 2 is 2.24 bits per heavy atom. The number of rotatable bonds is 5. The van der Waals surface area contributed by atoms with Gasteiger partial charge in [-0.25, -0.2) is 4.68 Å². The molecule has 3 rings (SSSR count). The van der Waals surface area contributed by atoms with Crippen molar-refractivity contribution in [3.63, 3.8) is 0 Å². The summed E-state index contributed by atoms with van der Waals surface area (Å²) in [7, 11) is 0. The molecule has 0 spiro atoms. The number of hydrogen-bond acceptors (Lipinski definition) is 6. The summed E-state index contributed by atoms with van der Waals surface area (Å²) in [6, 6.07) is 7.48. The van der Waals surface area contributed by atoms with Gasteiger partial charge in [0.05, 0.1) is 13.1 Å². The fourth-order valence-electron chi connectivity index (χ4n) is 1.98. The number of amides is 1. The van der Waals surface area contributed by atoms with Gasteiger partial charge in [0.25, 0.3) is 0 Å². The van der Waals surface area contributed by atoms with E-state index in [9.17, 15) is 4.79 Å². The Bertz CT molecular complexity index is 602. The average molecular weight is 289 g/mol. The highest BCUT2D eigenvalue weighted by molar-refractivity contribution is 5.75. The number of nitrogens with zero attached hydrogens (tertiary/aromatic N) is 4. The molecule has 1 aromatic carbocycles. The summed E-state index contributed by atoms with van der Waals surface area (Å²) in [4.78, 5) is 11.7. The maximum Gasteiger partial charge on any atom is 0.221 e. The van der Waals surface area contributed by atoms with E-state index in [1.807, 2.05) is 24.3 Å². The van der Waals surface area contributed by atoms with Crippen LogP contribution in [-0.4, -0.2) is 45.4 Å². The molecule has 0 radical (unpaired) electrons. The second-order valence-corrected chi connectivity index (χ2v) is 4.62. The maximum atomic E-state index is 11.7. The summed E-state index contributed by atoms with van der Waals surface area (Å²) < 4.78 is 12.8. The summed E-state index contributed by atoms with van der Waals surface area (Å²) in [6.07, 6.45) is 1.61. The molecule has 0 bridgehead atoms. The lowest BCUT2D eigenvalue weighted by atomic mass is 10.2. The van der Waals surface area contributed by atoms with Crippen molar-refractivity contribution in [1.29, 1.82) is 0 Å². The van der Waals surface area contributed by atoms with E-state index in [-0.39, 0.29) is 12.0 Å². The van der Waals surface area contributed by atoms with E-state index in [1.54, 1.807) is 0 Å². The number of fused-ring (bicyclic) bond motifs is 1. The molecule has 2 heterocycles. The number of hydrogen-bond donors (Lipinski definition) is 1. The number of nitrogens with one attached hydrogen (secondary N) is 1. The average Bonchev–Trinajstić information content (AvgIpc) is 3.04. The summed E-state index contributed by atoms with van der Waals surface area (Å²) >= 11 is 0. The third-order valence-electron chi connectivity index (χ3n) is 3.05. The first kappa shape index (κ1) is 13.3. The predicted molar refractivity (Wildman–Crippen MR) is 71.8 cm³/mol. The molecule has 21 heavy (non-hydrogen) atoms. The van der Waals surface area contributed by atoms with Gasteiger partial charge >= 0.3 is 0 Å². The zero-order chi connectivity index (χ0) is 14.5. The van der Waals surface area contributed by atoms with Crippen LogP contribution in [0.1, 0.15) is 6.42 Å². The molecule has 1 aliphatic heterocycles. The zero-order valence-corrected chi connectivity index (χ0v) is 11.3. The van der Waals surface area contributed by atoms with Crippen molar-refractivity contribution in [3.05, 3.63) is 30.6 Å². The second-order valence-electron chi connectivity index (χ2n) is 4.62. The van der Waals surface area contributed by atoms with Crippen LogP contribution in [-0.2, 0) is 11.3 Å². The normalized spacial score (nSPS) is 16.5. The lowest BCUT2D eigenvalue weighted by Crippen LogP contribution is -2.40. The number of ether oxygens (including phenoxy) is 2. The van der Waals surface area contributed by atoms with Gasteiger partial charge in [-0.3, -0.25) is 4.79 Å². The summed E-state index contributed by atoms with van der Waals surface area (Å²) in [6.45, 7) is 1.27. The molecule has 2 aromatic rings. The molecule has 1 aliphatic rings. The van der Waals surface area contributed by atoms with E-state index in [0.717, 1.165) is 5.75 Å². The molecule has 0 saturated heterocycles. The van der Waals surface area contributed by atoms with Crippen molar-refractivity contribution < 1.29 is 14.3 Å². The molecule has 1 N–H and O–H groups in total. The van der Waals surface area contributed by atoms with E-state index in [2.05, 4.69) is 20.8 Å². The Morgan fingerprint density at radius 3 is 3.05 bits per heavy atom. The fraction of sp³-hybridized carbons (Fsp3) is 0.385. The van der Waals surface area contributed by atoms with Crippen LogP contribution in [0, 0.1) is 0 Å². The molecule has 110 valence electrons. The Hall–Kier alpha value is -2.64. The van der Waals surface area contributed by atoms with Crippen molar-refractivity contribution in [2.75, 3.05) is 13.2 Å². The molecule has 0 unspecified atom stereocenters. The third-order valence-corrected chi connectivity index (χ3v) is 3.05. The topological polar surface area (TPSA) is 91.2 Å². The smallest absolute Gasteiger partial charge is 0.221 e. The second kappa shape index (κ2) is 6.21. The molecular weight excluding hydrogens is 274 g/mol. The molecule has 1 aromatic heterocycles. The monoisotopic (exact) mass is 289 g/mol. The van der Waals surface area contributed by atoms with Gasteiger partial charge in [-0.15, -0.1) is 5.10 Å². The first-order valence-electron chi connectivity index (χ1n) is 6.67. The van der Waals surface area contributed by atoms with E-state index in [1.165, 1.54) is 11.0 Å². The molecule has 0 aliphatic carbocycles. The summed E-state index contributed by atoms with van der Waals surface area (Å²) in [5, 5.41) is 13.5. The Balaban J connectivity index is 1.42. The molecule has 8 nitrogen and oxygen atoms in total. The van der Waals surface area contributed by atoms with Gasteiger partial charge in [0.15, 0.2) is 11.5 Å². The zero-order valence-electron chi connectivity index (χ0n) is 11.3. The maximum absolute atomic E-state index is 11.7. The minimum Gasteiger partial charge on any atom is -0.486 e. The minimum absolute atomic E-state index is 0.0760. The Labute approximate surface area is 121 Å². The first-order chi connectivity index (χ1) is 10.3. The van der Waals surface area contributed by atoms with E-state index in [0.29, 0.717) is 31.9 Å². The van der Waals surface area contributed by atoms with Gasteiger partial charge in [-0.2, -0.15) is 0 Å². The fourth-order valence-corrected chi connectivity index (χ4v) is 1.98. The molecule has 8 heteroatoms. The van der Waals surface area contributed by atoms with Crippen molar-refractivity contribution >= 4 is 5.91 Å². The minimum atomic E-state index is -0.183. The highest BCUT2D eigenvalue weighted by atomic mass is 16.6. The Morgan fingerprint density at radius 1 is 1.38 bits per heavy atom. The Kier molecular flexibility index (Phi) is 3.95. The SMILES string of the molecule is O=C(CCn1cnnn1)NC[C@@H]1COc2ccccc2O1. The molecule has 1 atom stereocenters. The molecule has 1 amide bonds. The lowest BCUT2D eigenvalue weighted by Gasteiger charge is -2.26. The quantitative estimate of drug-likeness (QED) is 0.834. The highest BCUT2D eigenvalue weighted by Gasteiger charge is 2.20. The van der Waals surface area contributed by atoms with Crippen LogP contribution in [0.5, 0.6) is 11.5 Å². The van der Waals surface area contributed by atoms with Crippen LogP contribution >= 0.6 is 0 Å². The highest BCUT2D eigenvalue weighted by Crippen LogP contribution is 2.30. The third kappa shape index (κ3) is 3.47. The standard InChI is InChI=1S/C13H15N5O3/c19-13(5-6-18-9-15-16-17-18)14-7-10-8-20-11-3-1-2-4-12(11)21-10/h1-4,9-10H,5-8H2,(H,14,19)/t10-/m1/s1. The van der Waals surface area contributed by atoms with Crippen LogP contribution in [0.15, 0.2) is 30.6 Å². The summed E-state index contributed by atoms with van der Waals surface area (Å²) in [5.74, 6) is 1.36. The number of carbonyl (C=O) groups is 1. The van der Waals surface area contributed by atoms with Crippen LogP contribution < -0.4 is 14.8 Å². The van der Waals surface area contributed by atoms with Gasteiger partial charge in [0.1, 0.15) is 19.0 Å². The van der Waals surface area contributed by atoms with E-state index < -0.39 is 0 Å². The first-order valence-corrected chi connectivity index (χ1v) is 6.67. The number of tetrazole rings is 1. The number of para-hydroxylation sites is 2. The number of benzene rings is 1. The van der Waals surface area contributed by atoms with E-state index in [4.69, 9.17) is 9.47 Å². The van der Waals surface area contributed by atoms with Gasteiger partial charge in [0, 0.05) is 6.42 Å². The van der Waals surface area contributed by atoms with Gasteiger partial charge < -0.3 is 14.8 Å². The van der Waals surface area contributed by atoms with Gasteiger partial charge in [0.2, 0.25) is 5.91 Å². The lowest BCUT2D eigenvalue weighted by molar-refractivity contribution is -0.121. The van der Waals surface area contributed by atoms with Crippen LogP contribution in [0.4, 0.5) is 0 Å². The largest absolute Gasteiger partial charge is 0.486 e. The summed E-state index contributed by atoms with van der Waals surface area (Å²) in [5.41, 5.74) is 0. The van der Waals surface area contributed by atoms with Gasteiger partial charge in [-0.1, -0.05) is 12.1 Å². The van der Waals surface area contributed by atoms with Crippen LogP contribution in [0.25, 0.3) is 0 Å². The van der Waals surface area contributed by atoms with Crippen molar-refractivity contribution in [3.8, 4) is 11.5 Å². The molecule has 0 saturated carbocycles. The number of aryl methyl sites for hydroxylation is 1. The van der Waals surface area contributed by atoms with Gasteiger partial charge in [-0.05, 0) is 22.6 Å². The number of carbonyl (C=O) groups excluding carboxylic acids is 1. The predicted octanol–water partition coefficient (Wildman–Crippen LogP) is 0.0194. The number of aromatic nitrogens is 4. The van der Waals surface area contributed by atoms with E-state index >= 15 is 0 Å². The molecule has 0 fully saturated rings. The molecular formula is C13H15N5O3. The van der Waals surface area contributed by atoms with Crippen LogP contribution in [0.2, 0.25) is 0 Å².